The Kier molecular flexibility index (Phi) is 7.07. The molecule has 1 aromatic heterocycles. The second-order valence-corrected chi connectivity index (χ2v) is 9.17. The third-order valence-corrected chi connectivity index (χ3v) is 6.99. The largest absolute Gasteiger partial charge is 0.488 e. The normalized spacial score (nSPS) is 17.5. The highest BCUT2D eigenvalue weighted by molar-refractivity contribution is 7.11. The van der Waals surface area contributed by atoms with E-state index in [-0.39, 0.29) is 13.0 Å². The zero-order chi connectivity index (χ0) is 21.8. The number of likely N-dealkylation sites (tertiary alicyclic amines) is 1. The predicted molar refractivity (Wildman–Crippen MR) is 120 cm³/mol. The molecule has 0 saturated carbocycles. The first kappa shape index (κ1) is 22.0. The van der Waals surface area contributed by atoms with Crippen LogP contribution in [0.5, 0.6) is 5.75 Å². The Balaban J connectivity index is 1.64. The molecule has 2 aromatic rings. The number of aliphatic carboxylic acids is 1. The van der Waals surface area contributed by atoms with E-state index in [9.17, 15) is 9.90 Å². The van der Waals surface area contributed by atoms with Gasteiger partial charge < -0.3 is 25.0 Å². The van der Waals surface area contributed by atoms with Crippen molar-refractivity contribution in [1.29, 1.82) is 0 Å². The smallest absolute Gasteiger partial charge is 0.303 e. The van der Waals surface area contributed by atoms with Gasteiger partial charge in [0.15, 0.2) is 0 Å². The van der Waals surface area contributed by atoms with Crippen molar-refractivity contribution in [1.82, 2.24) is 4.90 Å². The van der Waals surface area contributed by atoms with Crippen molar-refractivity contribution in [3.05, 3.63) is 56.8 Å². The van der Waals surface area contributed by atoms with Crippen LogP contribution in [0.2, 0.25) is 0 Å². The Hall–Kier alpha value is -2.19. The molecule has 1 atom stereocenters. The number of benzene rings is 1. The molecule has 166 valence electrons. The maximum Gasteiger partial charge on any atom is 0.303 e. The van der Waals surface area contributed by atoms with Crippen molar-refractivity contribution < 1.29 is 24.9 Å². The van der Waals surface area contributed by atoms with Crippen LogP contribution >= 0.6 is 11.3 Å². The molecular formula is C24H29NO5S. The van der Waals surface area contributed by atoms with E-state index < -0.39 is 12.1 Å². The molecule has 31 heavy (non-hydrogen) atoms. The molecule has 1 fully saturated rings. The van der Waals surface area contributed by atoms with Crippen LogP contribution in [0, 0.1) is 0 Å². The van der Waals surface area contributed by atoms with E-state index in [0.29, 0.717) is 19.6 Å². The van der Waals surface area contributed by atoms with Gasteiger partial charge in [0.1, 0.15) is 12.4 Å². The molecule has 0 aliphatic carbocycles. The predicted octanol–water partition coefficient (Wildman–Crippen LogP) is 3.30. The summed E-state index contributed by atoms with van der Waals surface area (Å²) in [5.41, 5.74) is 6.10. The van der Waals surface area contributed by atoms with Crippen LogP contribution in [0.25, 0.3) is 5.57 Å². The molecule has 4 rings (SSSR count). The van der Waals surface area contributed by atoms with E-state index in [1.54, 1.807) is 11.3 Å². The number of hydrogen-bond acceptors (Lipinski definition) is 6. The van der Waals surface area contributed by atoms with E-state index in [0.717, 1.165) is 49.2 Å². The average molecular weight is 444 g/mol. The molecule has 0 bridgehead atoms. The highest BCUT2D eigenvalue weighted by Gasteiger charge is 2.26. The minimum Gasteiger partial charge on any atom is -0.488 e. The fourth-order valence-electron chi connectivity index (χ4n) is 4.41. The number of ether oxygens (including phenoxy) is 1. The van der Waals surface area contributed by atoms with Gasteiger partial charge in [-0.05, 0) is 54.8 Å². The molecule has 1 aromatic carbocycles. The molecule has 0 spiro atoms. The number of fused-ring (bicyclic) bond motifs is 2. The zero-order valence-corrected chi connectivity index (χ0v) is 18.4. The van der Waals surface area contributed by atoms with E-state index in [4.69, 9.17) is 14.9 Å². The number of carboxylic acids is 1. The summed E-state index contributed by atoms with van der Waals surface area (Å²) in [5.74, 6) is 0.119. The first-order chi connectivity index (χ1) is 15.0. The Morgan fingerprint density at radius 1 is 1.23 bits per heavy atom. The minimum absolute atomic E-state index is 0.173. The molecule has 3 N–H and O–H groups in total. The topological polar surface area (TPSA) is 90.2 Å². The molecule has 0 radical (unpaired) electrons. The molecule has 1 unspecified atom stereocenters. The summed E-state index contributed by atoms with van der Waals surface area (Å²) in [6.07, 6.45) is 2.64. The third kappa shape index (κ3) is 5.18. The van der Waals surface area contributed by atoms with Gasteiger partial charge in [0.2, 0.25) is 0 Å². The van der Waals surface area contributed by atoms with E-state index in [1.165, 1.54) is 21.6 Å². The number of thiophene rings is 1. The van der Waals surface area contributed by atoms with Gasteiger partial charge in [-0.1, -0.05) is 11.6 Å². The number of rotatable bonds is 7. The summed E-state index contributed by atoms with van der Waals surface area (Å²) in [6, 6.07) is 8.37. The number of aryl methyl sites for hydroxylation is 1. The molecule has 3 heterocycles. The number of piperidine rings is 1. The SMILES string of the molecule is O=C(O)CCCc1ccc2c(c1)C(=C1CCN(CC(O)CO)CC1)c1sccc1CO2. The fraction of sp³-hybridized carbons (Fsp3) is 0.458. The summed E-state index contributed by atoms with van der Waals surface area (Å²) in [7, 11) is 0. The van der Waals surface area contributed by atoms with Crippen molar-refractivity contribution in [3.8, 4) is 5.75 Å². The summed E-state index contributed by atoms with van der Waals surface area (Å²) >= 11 is 1.74. The molecular weight excluding hydrogens is 414 g/mol. The molecule has 0 amide bonds. The highest BCUT2D eigenvalue weighted by Crippen LogP contribution is 2.43. The summed E-state index contributed by atoms with van der Waals surface area (Å²) < 4.78 is 6.15. The Morgan fingerprint density at radius 3 is 2.77 bits per heavy atom. The lowest BCUT2D eigenvalue weighted by atomic mass is 9.89. The Bertz CT molecular complexity index is 957. The van der Waals surface area contributed by atoms with Crippen LogP contribution in [0.1, 0.15) is 47.3 Å². The number of aliphatic hydroxyl groups excluding tert-OH is 2. The van der Waals surface area contributed by atoms with Crippen LogP contribution in [0.15, 0.2) is 35.2 Å². The van der Waals surface area contributed by atoms with E-state index in [2.05, 4.69) is 22.4 Å². The van der Waals surface area contributed by atoms with Gasteiger partial charge in [-0.2, -0.15) is 0 Å². The average Bonchev–Trinajstić information content (AvgIpc) is 3.16. The van der Waals surface area contributed by atoms with Crippen molar-refractivity contribution in [2.45, 2.75) is 44.8 Å². The number of β-amino-alcohol motifs (C(OH)–C–C–N with tert-alkyl or cyclic N) is 1. The van der Waals surface area contributed by atoms with Crippen LogP contribution < -0.4 is 4.74 Å². The summed E-state index contributed by atoms with van der Waals surface area (Å²) in [6.45, 7) is 2.54. The van der Waals surface area contributed by atoms with Crippen LogP contribution in [0.4, 0.5) is 0 Å². The van der Waals surface area contributed by atoms with Gasteiger partial charge in [-0.3, -0.25) is 4.79 Å². The number of hydrogen-bond donors (Lipinski definition) is 3. The van der Waals surface area contributed by atoms with Gasteiger partial charge in [0.05, 0.1) is 12.7 Å². The van der Waals surface area contributed by atoms with Gasteiger partial charge in [-0.25, -0.2) is 0 Å². The molecule has 7 heteroatoms. The molecule has 2 aliphatic rings. The zero-order valence-electron chi connectivity index (χ0n) is 17.5. The van der Waals surface area contributed by atoms with Gasteiger partial charge in [-0.15, -0.1) is 11.3 Å². The van der Waals surface area contributed by atoms with Crippen LogP contribution in [0.3, 0.4) is 0 Å². The first-order valence-corrected chi connectivity index (χ1v) is 11.7. The van der Waals surface area contributed by atoms with Crippen molar-refractivity contribution in [2.75, 3.05) is 26.2 Å². The van der Waals surface area contributed by atoms with E-state index >= 15 is 0 Å². The lowest BCUT2D eigenvalue weighted by Crippen LogP contribution is -2.38. The summed E-state index contributed by atoms with van der Waals surface area (Å²) in [4.78, 5) is 14.4. The van der Waals surface area contributed by atoms with Crippen LogP contribution in [-0.2, 0) is 17.8 Å². The summed E-state index contributed by atoms with van der Waals surface area (Å²) in [5, 5.41) is 30.0. The number of carboxylic acid groups (broad SMARTS) is 1. The number of carbonyl (C=O) groups is 1. The van der Waals surface area contributed by atoms with Gasteiger partial charge in [0, 0.05) is 47.6 Å². The second kappa shape index (κ2) is 9.96. The lowest BCUT2D eigenvalue weighted by molar-refractivity contribution is -0.137. The maximum atomic E-state index is 10.9. The fourth-order valence-corrected chi connectivity index (χ4v) is 5.43. The lowest BCUT2D eigenvalue weighted by Gasteiger charge is -2.31. The second-order valence-electron chi connectivity index (χ2n) is 8.26. The highest BCUT2D eigenvalue weighted by atomic mass is 32.1. The standard InChI is InChI=1S/C24H29NO5S/c26-14-19(27)13-25-9-6-17(7-10-25)23-20-12-16(2-1-3-22(28)29)4-5-21(20)30-15-18-8-11-31-24(18)23/h4-5,8,11-12,19,26-27H,1-3,6-7,9-10,13-15H2,(H,28,29). The quantitative estimate of drug-likeness (QED) is 0.608. The molecule has 6 nitrogen and oxygen atoms in total. The monoisotopic (exact) mass is 443 g/mol. The Labute approximate surface area is 186 Å². The van der Waals surface area contributed by atoms with Crippen molar-refractivity contribution in [2.24, 2.45) is 0 Å². The van der Waals surface area contributed by atoms with Crippen molar-refractivity contribution in [3.63, 3.8) is 0 Å². The first-order valence-electron chi connectivity index (χ1n) is 10.8. The van der Waals surface area contributed by atoms with E-state index in [1.807, 2.05) is 12.1 Å². The Morgan fingerprint density at radius 2 is 2.03 bits per heavy atom. The number of nitrogens with zero attached hydrogens (tertiary/aromatic N) is 1. The third-order valence-electron chi connectivity index (χ3n) is 6.02. The van der Waals surface area contributed by atoms with Crippen LogP contribution in [-0.4, -0.2) is 58.5 Å². The van der Waals surface area contributed by atoms with Gasteiger partial charge >= 0.3 is 5.97 Å². The minimum atomic E-state index is -0.762. The van der Waals surface area contributed by atoms with Gasteiger partial charge in [0.25, 0.3) is 0 Å². The molecule has 2 aliphatic heterocycles. The van der Waals surface area contributed by atoms with Crippen molar-refractivity contribution >= 4 is 22.9 Å². The molecule has 1 saturated heterocycles. The maximum absolute atomic E-state index is 10.9. The number of aliphatic hydroxyl groups is 2.